The van der Waals surface area contributed by atoms with Crippen LogP contribution in [0.5, 0.6) is 11.5 Å². The molecule has 0 unspecified atom stereocenters. The third kappa shape index (κ3) is 2.36. The van der Waals surface area contributed by atoms with Crippen molar-refractivity contribution in [2.24, 2.45) is 0 Å². The maximum atomic E-state index is 12.7. The Morgan fingerprint density at radius 2 is 2.08 bits per heavy atom. The molecule has 0 fully saturated rings. The first-order valence-corrected chi connectivity index (χ1v) is 7.93. The van der Waals surface area contributed by atoms with E-state index < -0.39 is 0 Å². The topological polar surface area (TPSA) is 65.4 Å². The van der Waals surface area contributed by atoms with Crippen LogP contribution in [0.25, 0.3) is 11.0 Å². The summed E-state index contributed by atoms with van der Waals surface area (Å²) in [6, 6.07) is 13.1. The van der Waals surface area contributed by atoms with Crippen LogP contribution in [0.2, 0.25) is 0 Å². The SMILES string of the molecule is CCCn1c(NC(=O)c2cccc3c2OCO3)nc2ccccc21. The van der Waals surface area contributed by atoms with Crippen molar-refractivity contribution in [3.8, 4) is 11.5 Å². The molecule has 1 aromatic heterocycles. The Labute approximate surface area is 139 Å². The van der Waals surface area contributed by atoms with E-state index in [1.54, 1.807) is 18.2 Å². The number of aryl methyl sites for hydroxylation is 1. The molecule has 0 spiro atoms. The molecule has 4 rings (SSSR count). The molecule has 1 aliphatic rings. The van der Waals surface area contributed by atoms with Gasteiger partial charge in [-0.2, -0.15) is 0 Å². The summed E-state index contributed by atoms with van der Waals surface area (Å²) in [5.41, 5.74) is 2.31. The lowest BCUT2D eigenvalue weighted by atomic mass is 10.2. The van der Waals surface area contributed by atoms with Gasteiger partial charge in [-0.25, -0.2) is 4.98 Å². The summed E-state index contributed by atoms with van der Waals surface area (Å²) >= 11 is 0. The highest BCUT2D eigenvalue weighted by Crippen LogP contribution is 2.35. The van der Waals surface area contributed by atoms with E-state index in [9.17, 15) is 4.79 Å². The first-order valence-electron chi connectivity index (χ1n) is 7.93. The van der Waals surface area contributed by atoms with E-state index in [-0.39, 0.29) is 12.7 Å². The van der Waals surface area contributed by atoms with Crippen molar-refractivity contribution in [1.29, 1.82) is 0 Å². The summed E-state index contributed by atoms with van der Waals surface area (Å²) in [7, 11) is 0. The molecule has 3 aromatic rings. The zero-order chi connectivity index (χ0) is 16.5. The first-order chi connectivity index (χ1) is 11.8. The molecule has 1 N–H and O–H groups in total. The predicted molar refractivity (Wildman–Crippen MR) is 90.5 cm³/mol. The minimum Gasteiger partial charge on any atom is -0.454 e. The van der Waals surface area contributed by atoms with Gasteiger partial charge in [0.25, 0.3) is 5.91 Å². The Morgan fingerprint density at radius 1 is 1.21 bits per heavy atom. The molecular weight excluding hydrogens is 306 g/mol. The molecule has 6 heteroatoms. The second kappa shape index (κ2) is 5.88. The molecule has 0 saturated heterocycles. The highest BCUT2D eigenvalue weighted by atomic mass is 16.7. The highest BCUT2D eigenvalue weighted by molar-refractivity contribution is 6.06. The number of nitrogens with one attached hydrogen (secondary N) is 1. The lowest BCUT2D eigenvalue weighted by Gasteiger charge is -2.10. The van der Waals surface area contributed by atoms with Crippen molar-refractivity contribution in [3.63, 3.8) is 0 Å². The molecule has 2 aromatic carbocycles. The Hall–Kier alpha value is -3.02. The molecule has 0 radical (unpaired) electrons. The summed E-state index contributed by atoms with van der Waals surface area (Å²) < 4.78 is 12.8. The van der Waals surface area contributed by atoms with Gasteiger partial charge >= 0.3 is 0 Å². The van der Waals surface area contributed by atoms with Crippen molar-refractivity contribution in [3.05, 3.63) is 48.0 Å². The van der Waals surface area contributed by atoms with E-state index in [2.05, 4.69) is 17.2 Å². The van der Waals surface area contributed by atoms with Gasteiger partial charge < -0.3 is 14.0 Å². The highest BCUT2D eigenvalue weighted by Gasteiger charge is 2.23. The number of carbonyl (C=O) groups excluding carboxylic acids is 1. The predicted octanol–water partition coefficient (Wildman–Crippen LogP) is 3.43. The normalized spacial score (nSPS) is 12.5. The van der Waals surface area contributed by atoms with Crippen LogP contribution in [0.15, 0.2) is 42.5 Å². The lowest BCUT2D eigenvalue weighted by molar-refractivity contribution is 0.102. The van der Waals surface area contributed by atoms with E-state index in [4.69, 9.17) is 9.47 Å². The molecule has 6 nitrogen and oxygen atoms in total. The van der Waals surface area contributed by atoms with E-state index >= 15 is 0 Å². The molecule has 1 amide bonds. The quantitative estimate of drug-likeness (QED) is 0.799. The van der Waals surface area contributed by atoms with Crippen molar-refractivity contribution < 1.29 is 14.3 Å². The first kappa shape index (κ1) is 14.6. The van der Waals surface area contributed by atoms with Crippen molar-refractivity contribution >= 4 is 22.9 Å². The van der Waals surface area contributed by atoms with Crippen LogP contribution in [-0.4, -0.2) is 22.3 Å². The Bertz CT molecular complexity index is 917. The smallest absolute Gasteiger partial charge is 0.261 e. The average molecular weight is 323 g/mol. The minimum absolute atomic E-state index is 0.133. The number of hydrogen-bond acceptors (Lipinski definition) is 4. The van der Waals surface area contributed by atoms with E-state index in [1.807, 2.05) is 28.8 Å². The molecular formula is C18H17N3O3. The fourth-order valence-electron chi connectivity index (χ4n) is 2.90. The van der Waals surface area contributed by atoms with E-state index in [1.165, 1.54) is 0 Å². The zero-order valence-corrected chi connectivity index (χ0v) is 13.3. The van der Waals surface area contributed by atoms with Gasteiger partial charge in [-0.1, -0.05) is 25.1 Å². The van der Waals surface area contributed by atoms with Gasteiger partial charge in [0.05, 0.1) is 16.6 Å². The van der Waals surface area contributed by atoms with Crippen LogP contribution in [0, 0.1) is 0 Å². The van der Waals surface area contributed by atoms with Crippen LogP contribution >= 0.6 is 0 Å². The summed E-state index contributed by atoms with van der Waals surface area (Å²) in [5, 5.41) is 2.91. The molecule has 0 aliphatic carbocycles. The second-order valence-electron chi connectivity index (χ2n) is 5.57. The number of imidazole rings is 1. The summed E-state index contributed by atoms with van der Waals surface area (Å²) in [5.74, 6) is 1.35. The Kier molecular flexibility index (Phi) is 3.57. The summed E-state index contributed by atoms with van der Waals surface area (Å²) in [6.07, 6.45) is 0.945. The number of rotatable bonds is 4. The molecule has 122 valence electrons. The maximum absolute atomic E-state index is 12.7. The standard InChI is InChI=1S/C18H17N3O3/c1-2-10-21-14-8-4-3-7-13(14)19-18(21)20-17(22)12-6-5-9-15-16(12)24-11-23-15/h3-9H,2,10-11H2,1H3,(H,19,20,22). The monoisotopic (exact) mass is 323 g/mol. The van der Waals surface area contributed by atoms with Gasteiger partial charge in [-0.05, 0) is 30.7 Å². The molecule has 0 atom stereocenters. The van der Waals surface area contributed by atoms with Crippen LogP contribution in [0.1, 0.15) is 23.7 Å². The van der Waals surface area contributed by atoms with Crippen LogP contribution in [-0.2, 0) is 6.54 Å². The van der Waals surface area contributed by atoms with Gasteiger partial charge in [0.2, 0.25) is 12.7 Å². The van der Waals surface area contributed by atoms with Crippen molar-refractivity contribution in [2.45, 2.75) is 19.9 Å². The molecule has 0 saturated carbocycles. The second-order valence-corrected chi connectivity index (χ2v) is 5.57. The minimum atomic E-state index is -0.259. The fourth-order valence-corrected chi connectivity index (χ4v) is 2.90. The average Bonchev–Trinajstić information content (AvgIpc) is 3.20. The number of fused-ring (bicyclic) bond motifs is 2. The number of carbonyl (C=O) groups is 1. The van der Waals surface area contributed by atoms with E-state index in [0.717, 1.165) is 24.0 Å². The third-order valence-electron chi connectivity index (χ3n) is 3.97. The van der Waals surface area contributed by atoms with Gasteiger partial charge in [0, 0.05) is 6.54 Å². The van der Waals surface area contributed by atoms with E-state index in [0.29, 0.717) is 23.0 Å². The number of hydrogen-bond donors (Lipinski definition) is 1. The van der Waals surface area contributed by atoms with Crippen LogP contribution < -0.4 is 14.8 Å². The van der Waals surface area contributed by atoms with Gasteiger partial charge in [-0.3, -0.25) is 10.1 Å². The van der Waals surface area contributed by atoms with Crippen molar-refractivity contribution in [1.82, 2.24) is 9.55 Å². The number of ether oxygens (including phenoxy) is 2. The summed E-state index contributed by atoms with van der Waals surface area (Å²) in [6.45, 7) is 3.01. The number of anilines is 1. The lowest BCUT2D eigenvalue weighted by Crippen LogP contribution is -2.16. The van der Waals surface area contributed by atoms with Crippen LogP contribution in [0.4, 0.5) is 5.95 Å². The van der Waals surface area contributed by atoms with Gasteiger partial charge in [0.15, 0.2) is 11.5 Å². The number of amides is 1. The zero-order valence-electron chi connectivity index (χ0n) is 13.3. The van der Waals surface area contributed by atoms with Gasteiger partial charge in [-0.15, -0.1) is 0 Å². The number of nitrogens with zero attached hydrogens (tertiary/aromatic N) is 2. The van der Waals surface area contributed by atoms with Gasteiger partial charge in [0.1, 0.15) is 0 Å². The molecule has 2 heterocycles. The molecule has 0 bridgehead atoms. The number of para-hydroxylation sites is 3. The largest absolute Gasteiger partial charge is 0.454 e. The molecule has 1 aliphatic heterocycles. The Balaban J connectivity index is 1.71. The summed E-state index contributed by atoms with van der Waals surface area (Å²) in [4.78, 5) is 17.3. The van der Waals surface area contributed by atoms with Crippen molar-refractivity contribution in [2.75, 3.05) is 12.1 Å². The third-order valence-corrected chi connectivity index (χ3v) is 3.97. The maximum Gasteiger partial charge on any atom is 0.261 e. The number of aromatic nitrogens is 2. The van der Waals surface area contributed by atoms with Crippen LogP contribution in [0.3, 0.4) is 0 Å². The fraction of sp³-hybridized carbons (Fsp3) is 0.222. The Morgan fingerprint density at radius 3 is 2.96 bits per heavy atom. The number of benzene rings is 2. The molecule has 24 heavy (non-hydrogen) atoms.